The normalized spacial score (nSPS) is 37.6. The fraction of sp³-hybridized carbons (Fsp3) is 0.920. The van der Waals surface area contributed by atoms with Gasteiger partial charge in [-0.25, -0.2) is 0 Å². The first kappa shape index (κ1) is 24.5. The Morgan fingerprint density at radius 2 is 1.81 bits per heavy atom. The van der Waals surface area contributed by atoms with Crippen molar-refractivity contribution in [2.45, 2.75) is 85.8 Å². The van der Waals surface area contributed by atoms with E-state index < -0.39 is 6.10 Å². The number of aliphatic hydroxyl groups excluding tert-OH is 1. The summed E-state index contributed by atoms with van der Waals surface area (Å²) in [5, 5.41) is 14.8. The lowest BCUT2D eigenvalue weighted by molar-refractivity contribution is -0.154. The van der Waals surface area contributed by atoms with Gasteiger partial charge in [-0.3, -0.25) is 9.59 Å². The summed E-state index contributed by atoms with van der Waals surface area (Å²) in [6.07, 6.45) is 3.89. The van der Waals surface area contributed by atoms with E-state index in [1.807, 2.05) is 11.8 Å². The van der Waals surface area contributed by atoms with Gasteiger partial charge in [0.1, 0.15) is 0 Å². The summed E-state index contributed by atoms with van der Waals surface area (Å²) in [4.78, 5) is 27.6. The minimum Gasteiger partial charge on any atom is -0.392 e. The Morgan fingerprint density at radius 1 is 1.19 bits per heavy atom. The molecule has 0 unspecified atom stereocenters. The standard InChI is InChI=1S/C25H44N2O4/c1-16(23(30)27-11-13-31-14-12-27)18-7-9-25(6)10-8-19(17(2)21(25)22(18)29)26-20(28)15-24(3,4)5/h16-19,21-22,29H,7-15H2,1-6H3,(H,26,28)/t16-,17+,18+,19-,21+,22-,25-/m0/s1. The van der Waals surface area contributed by atoms with Crippen LogP contribution in [0.25, 0.3) is 0 Å². The zero-order valence-electron chi connectivity index (χ0n) is 20.4. The van der Waals surface area contributed by atoms with E-state index in [4.69, 9.17) is 4.74 Å². The van der Waals surface area contributed by atoms with Gasteiger partial charge in [0.2, 0.25) is 11.8 Å². The number of morpholine rings is 1. The van der Waals surface area contributed by atoms with Crippen molar-refractivity contribution in [1.82, 2.24) is 10.2 Å². The largest absolute Gasteiger partial charge is 0.392 e. The number of carbonyl (C=O) groups excluding carboxylic acids is 2. The molecule has 1 heterocycles. The second kappa shape index (κ2) is 9.38. The third-order valence-electron chi connectivity index (χ3n) is 8.28. The van der Waals surface area contributed by atoms with Crippen molar-refractivity contribution >= 4 is 11.8 Å². The Bertz CT molecular complexity index is 654. The maximum atomic E-state index is 13.1. The average Bonchev–Trinajstić information content (AvgIpc) is 2.68. The van der Waals surface area contributed by atoms with Gasteiger partial charge in [0, 0.05) is 31.5 Å². The topological polar surface area (TPSA) is 78.9 Å². The lowest BCUT2D eigenvalue weighted by Gasteiger charge is -2.56. The molecule has 3 rings (SSSR count). The zero-order chi connectivity index (χ0) is 23.0. The highest BCUT2D eigenvalue weighted by molar-refractivity contribution is 5.79. The fourth-order valence-electron chi connectivity index (χ4n) is 6.49. The molecule has 0 aromatic carbocycles. The van der Waals surface area contributed by atoms with Gasteiger partial charge in [0.25, 0.3) is 0 Å². The summed E-state index contributed by atoms with van der Waals surface area (Å²) in [5.41, 5.74) is 0.0313. The third-order valence-corrected chi connectivity index (χ3v) is 8.28. The first-order chi connectivity index (χ1) is 14.4. The summed E-state index contributed by atoms with van der Waals surface area (Å²) in [5.74, 6) is 0.312. The van der Waals surface area contributed by atoms with Gasteiger partial charge in [-0.1, -0.05) is 41.5 Å². The summed E-state index contributed by atoms with van der Waals surface area (Å²) in [6, 6.07) is 0.0894. The molecule has 7 atom stereocenters. The van der Waals surface area contributed by atoms with Crippen molar-refractivity contribution in [3.8, 4) is 0 Å². The smallest absolute Gasteiger partial charge is 0.225 e. The molecule has 0 aromatic heterocycles. The van der Waals surface area contributed by atoms with Crippen molar-refractivity contribution in [3.05, 3.63) is 0 Å². The zero-order valence-corrected chi connectivity index (χ0v) is 20.4. The van der Waals surface area contributed by atoms with Gasteiger partial charge in [0.05, 0.1) is 19.3 Å². The summed E-state index contributed by atoms with van der Waals surface area (Å²) in [6.45, 7) is 15.2. The van der Waals surface area contributed by atoms with Crippen molar-refractivity contribution in [2.24, 2.45) is 34.5 Å². The van der Waals surface area contributed by atoms with E-state index in [1.54, 1.807) is 0 Å². The molecule has 2 saturated carbocycles. The van der Waals surface area contributed by atoms with Crippen LogP contribution in [-0.2, 0) is 14.3 Å². The molecule has 6 nitrogen and oxygen atoms in total. The van der Waals surface area contributed by atoms with Crippen molar-refractivity contribution in [3.63, 3.8) is 0 Å². The molecule has 178 valence electrons. The Kier molecular flexibility index (Phi) is 7.42. The predicted molar refractivity (Wildman–Crippen MR) is 121 cm³/mol. The SMILES string of the molecule is C[C@H]1[C@@H]2[C@@H](O)[C@@H]([C@H](C)C(=O)N3CCOCC3)CC[C@@]2(C)CC[C@@H]1NC(=O)CC(C)(C)C. The maximum Gasteiger partial charge on any atom is 0.225 e. The highest BCUT2D eigenvalue weighted by atomic mass is 16.5. The van der Waals surface area contributed by atoms with Gasteiger partial charge in [0.15, 0.2) is 0 Å². The molecule has 0 bridgehead atoms. The van der Waals surface area contributed by atoms with Crippen LogP contribution >= 0.6 is 0 Å². The monoisotopic (exact) mass is 436 g/mol. The lowest BCUT2D eigenvalue weighted by atomic mass is 9.51. The predicted octanol–water partition coefficient (Wildman–Crippen LogP) is 3.23. The van der Waals surface area contributed by atoms with E-state index >= 15 is 0 Å². The van der Waals surface area contributed by atoms with E-state index in [-0.39, 0.29) is 52.4 Å². The molecular weight excluding hydrogens is 392 g/mol. The van der Waals surface area contributed by atoms with Gasteiger partial charge >= 0.3 is 0 Å². The molecule has 0 aromatic rings. The van der Waals surface area contributed by atoms with Crippen molar-refractivity contribution < 1.29 is 19.4 Å². The second-order valence-corrected chi connectivity index (χ2v) is 11.9. The van der Waals surface area contributed by atoms with Gasteiger partial charge < -0.3 is 20.1 Å². The number of rotatable bonds is 4. The number of fused-ring (bicyclic) bond motifs is 1. The van der Waals surface area contributed by atoms with Crippen LogP contribution < -0.4 is 5.32 Å². The molecule has 1 aliphatic heterocycles. The molecule has 6 heteroatoms. The van der Waals surface area contributed by atoms with Crippen LogP contribution in [0.2, 0.25) is 0 Å². The number of nitrogens with zero attached hydrogens (tertiary/aromatic N) is 1. The molecule has 0 radical (unpaired) electrons. The Balaban J connectivity index is 1.70. The van der Waals surface area contributed by atoms with Crippen LogP contribution in [0.1, 0.15) is 73.6 Å². The molecule has 3 aliphatic rings. The number of carbonyl (C=O) groups is 2. The highest BCUT2D eigenvalue weighted by Gasteiger charge is 2.54. The first-order valence-corrected chi connectivity index (χ1v) is 12.3. The minimum absolute atomic E-state index is 0.0279. The van der Waals surface area contributed by atoms with Crippen LogP contribution in [0.4, 0.5) is 0 Å². The Hall–Kier alpha value is -1.14. The molecule has 1 saturated heterocycles. The quantitative estimate of drug-likeness (QED) is 0.709. The molecule has 0 spiro atoms. The number of ether oxygens (including phenoxy) is 1. The number of aliphatic hydroxyl groups is 1. The Morgan fingerprint density at radius 3 is 2.42 bits per heavy atom. The molecule has 2 amide bonds. The molecule has 3 fully saturated rings. The summed E-state index contributed by atoms with van der Waals surface area (Å²) in [7, 11) is 0. The maximum absolute atomic E-state index is 13.1. The van der Waals surface area contributed by atoms with Gasteiger partial charge in [-0.05, 0) is 54.3 Å². The molecule has 2 N–H and O–H groups in total. The summed E-state index contributed by atoms with van der Waals surface area (Å²) >= 11 is 0. The average molecular weight is 437 g/mol. The number of nitrogens with one attached hydrogen (secondary N) is 1. The Labute approximate surface area is 188 Å². The van der Waals surface area contributed by atoms with Gasteiger partial charge in [-0.15, -0.1) is 0 Å². The van der Waals surface area contributed by atoms with Crippen molar-refractivity contribution in [1.29, 1.82) is 0 Å². The number of amides is 2. The van der Waals surface area contributed by atoms with Crippen molar-refractivity contribution in [2.75, 3.05) is 26.3 Å². The third kappa shape index (κ3) is 5.44. The minimum atomic E-state index is -0.518. The molecule has 31 heavy (non-hydrogen) atoms. The number of hydrogen-bond donors (Lipinski definition) is 2. The van der Waals surface area contributed by atoms with Crippen LogP contribution in [0.15, 0.2) is 0 Å². The van der Waals surface area contributed by atoms with Crippen LogP contribution in [0, 0.1) is 34.5 Å². The number of hydrogen-bond acceptors (Lipinski definition) is 4. The van der Waals surface area contributed by atoms with Crippen LogP contribution in [0.3, 0.4) is 0 Å². The van der Waals surface area contributed by atoms with Crippen LogP contribution in [0.5, 0.6) is 0 Å². The molecule has 2 aliphatic carbocycles. The second-order valence-electron chi connectivity index (χ2n) is 11.9. The van der Waals surface area contributed by atoms with E-state index in [1.165, 1.54) is 0 Å². The van der Waals surface area contributed by atoms with Crippen LogP contribution in [-0.4, -0.2) is 60.3 Å². The lowest BCUT2D eigenvalue weighted by Crippen LogP contribution is -2.59. The van der Waals surface area contributed by atoms with E-state index in [9.17, 15) is 14.7 Å². The first-order valence-electron chi connectivity index (χ1n) is 12.3. The summed E-state index contributed by atoms with van der Waals surface area (Å²) < 4.78 is 5.39. The van der Waals surface area contributed by atoms with E-state index in [2.05, 4.69) is 39.9 Å². The highest BCUT2D eigenvalue weighted by Crippen LogP contribution is 2.55. The van der Waals surface area contributed by atoms with Gasteiger partial charge in [-0.2, -0.15) is 0 Å². The fourth-order valence-corrected chi connectivity index (χ4v) is 6.49. The van der Waals surface area contributed by atoms with E-state index in [0.29, 0.717) is 32.7 Å². The van der Waals surface area contributed by atoms with E-state index in [0.717, 1.165) is 25.7 Å². The molecular formula is C25H44N2O4.